The topological polar surface area (TPSA) is 79.8 Å². The van der Waals surface area contributed by atoms with Crippen LogP contribution in [-0.2, 0) is 4.79 Å². The van der Waals surface area contributed by atoms with Crippen molar-refractivity contribution in [3.8, 4) is 5.75 Å². The van der Waals surface area contributed by atoms with E-state index in [1.54, 1.807) is 49.6 Å². The number of carbonyl (C=O) groups excluding carboxylic acids is 2. The molecule has 1 aliphatic rings. The van der Waals surface area contributed by atoms with Gasteiger partial charge in [0, 0.05) is 21.7 Å². The van der Waals surface area contributed by atoms with Crippen LogP contribution in [0.1, 0.15) is 21.5 Å². The first-order valence-electron chi connectivity index (χ1n) is 9.24. The van der Waals surface area contributed by atoms with Gasteiger partial charge in [-0.2, -0.15) is 0 Å². The number of anilines is 1. The first-order chi connectivity index (χ1) is 14.5. The van der Waals surface area contributed by atoms with Crippen LogP contribution in [0.3, 0.4) is 0 Å². The molecule has 0 saturated heterocycles. The predicted molar refractivity (Wildman–Crippen MR) is 116 cm³/mol. The quantitative estimate of drug-likeness (QED) is 0.673. The number of amides is 2. The van der Waals surface area contributed by atoms with Crippen LogP contribution < -0.4 is 15.4 Å². The molecule has 3 aromatic carbocycles. The van der Waals surface area contributed by atoms with Crippen LogP contribution in [0.5, 0.6) is 5.75 Å². The van der Waals surface area contributed by atoms with Crippen molar-refractivity contribution in [3.05, 3.63) is 94.5 Å². The molecular formula is C23H18ClN3O3. The van der Waals surface area contributed by atoms with E-state index in [2.05, 4.69) is 15.6 Å². The summed E-state index contributed by atoms with van der Waals surface area (Å²) in [7, 11) is 1.55. The lowest BCUT2D eigenvalue weighted by atomic mass is 10.0. The number of nitrogens with zero attached hydrogens (tertiary/aromatic N) is 1. The van der Waals surface area contributed by atoms with Crippen LogP contribution in [0.15, 0.2) is 77.8 Å². The third-order valence-corrected chi connectivity index (χ3v) is 4.90. The largest absolute Gasteiger partial charge is 0.497 e. The fourth-order valence-corrected chi connectivity index (χ4v) is 3.33. The molecular weight excluding hydrogens is 402 g/mol. The number of benzene rings is 3. The molecule has 0 fully saturated rings. The van der Waals surface area contributed by atoms with Gasteiger partial charge in [-0.25, -0.2) is 4.99 Å². The molecule has 1 unspecified atom stereocenters. The van der Waals surface area contributed by atoms with Crippen LogP contribution in [0.25, 0.3) is 0 Å². The Hall–Kier alpha value is -3.64. The van der Waals surface area contributed by atoms with Crippen LogP contribution in [0, 0.1) is 0 Å². The van der Waals surface area contributed by atoms with E-state index in [9.17, 15) is 9.59 Å². The second kappa shape index (κ2) is 8.39. The lowest BCUT2D eigenvalue weighted by Gasteiger charge is -2.13. The number of benzodiazepines with no additional fused rings is 1. The van der Waals surface area contributed by atoms with Crippen LogP contribution >= 0.6 is 11.6 Å². The summed E-state index contributed by atoms with van der Waals surface area (Å²) in [6, 6.07) is 21.2. The average molecular weight is 420 g/mol. The van der Waals surface area contributed by atoms with E-state index in [4.69, 9.17) is 16.3 Å². The second-order valence-electron chi connectivity index (χ2n) is 6.63. The first kappa shape index (κ1) is 19.7. The third kappa shape index (κ3) is 4.04. The SMILES string of the molecule is COc1ccc(C(=O)NC2N=C(c3ccccc3)c3cc(Cl)ccc3NC2=O)cc1. The molecule has 150 valence electrons. The Morgan fingerprint density at radius 1 is 1.07 bits per heavy atom. The van der Waals surface area contributed by atoms with Crippen molar-refractivity contribution in [3.63, 3.8) is 0 Å². The van der Waals surface area contributed by atoms with Gasteiger partial charge in [0.25, 0.3) is 11.8 Å². The molecule has 1 aliphatic heterocycles. The summed E-state index contributed by atoms with van der Waals surface area (Å²) < 4.78 is 5.11. The lowest BCUT2D eigenvalue weighted by molar-refractivity contribution is -0.117. The first-order valence-corrected chi connectivity index (χ1v) is 9.62. The maximum Gasteiger partial charge on any atom is 0.269 e. The van der Waals surface area contributed by atoms with Gasteiger partial charge in [0.2, 0.25) is 6.17 Å². The zero-order valence-electron chi connectivity index (χ0n) is 16.1. The summed E-state index contributed by atoms with van der Waals surface area (Å²) in [5.74, 6) is -0.222. The number of ether oxygens (including phenoxy) is 1. The Morgan fingerprint density at radius 2 is 1.80 bits per heavy atom. The van der Waals surface area contributed by atoms with Crippen molar-refractivity contribution in [1.29, 1.82) is 0 Å². The highest BCUT2D eigenvalue weighted by Crippen LogP contribution is 2.27. The fraction of sp³-hybridized carbons (Fsp3) is 0.0870. The van der Waals surface area contributed by atoms with Crippen molar-refractivity contribution in [2.75, 3.05) is 12.4 Å². The van der Waals surface area contributed by atoms with E-state index >= 15 is 0 Å². The molecule has 1 heterocycles. The van der Waals surface area contributed by atoms with Gasteiger partial charge in [0.05, 0.1) is 18.5 Å². The minimum absolute atomic E-state index is 0.393. The summed E-state index contributed by atoms with van der Waals surface area (Å²) in [6.45, 7) is 0. The molecule has 0 saturated carbocycles. The van der Waals surface area contributed by atoms with Crippen molar-refractivity contribution < 1.29 is 14.3 Å². The van der Waals surface area contributed by atoms with Gasteiger partial charge in [-0.05, 0) is 42.5 Å². The van der Waals surface area contributed by atoms with E-state index in [1.807, 2.05) is 30.3 Å². The van der Waals surface area contributed by atoms with Crippen LogP contribution in [0.4, 0.5) is 5.69 Å². The number of methoxy groups -OCH3 is 1. The molecule has 2 amide bonds. The van der Waals surface area contributed by atoms with Gasteiger partial charge >= 0.3 is 0 Å². The number of hydrogen-bond acceptors (Lipinski definition) is 4. The molecule has 1 atom stereocenters. The molecule has 0 spiro atoms. The molecule has 2 N–H and O–H groups in total. The normalized spacial score (nSPS) is 15.3. The molecule has 4 rings (SSSR count). The second-order valence-corrected chi connectivity index (χ2v) is 7.06. The van der Waals surface area contributed by atoms with Gasteiger partial charge in [-0.1, -0.05) is 41.9 Å². The number of hydrogen-bond donors (Lipinski definition) is 2. The summed E-state index contributed by atoms with van der Waals surface area (Å²) >= 11 is 6.20. The molecule has 0 aromatic heterocycles. The predicted octanol–water partition coefficient (Wildman–Crippen LogP) is 3.89. The molecule has 0 aliphatic carbocycles. The Labute approximate surface area is 178 Å². The zero-order chi connectivity index (χ0) is 21.1. The Morgan fingerprint density at radius 3 is 2.50 bits per heavy atom. The lowest BCUT2D eigenvalue weighted by Crippen LogP contribution is -2.42. The Kier molecular flexibility index (Phi) is 5.50. The van der Waals surface area contributed by atoms with Crippen molar-refractivity contribution in [2.24, 2.45) is 4.99 Å². The van der Waals surface area contributed by atoms with E-state index in [0.717, 1.165) is 5.56 Å². The van der Waals surface area contributed by atoms with E-state index < -0.39 is 18.0 Å². The molecule has 6 nitrogen and oxygen atoms in total. The summed E-state index contributed by atoms with van der Waals surface area (Å²) in [6.07, 6.45) is -1.11. The van der Waals surface area contributed by atoms with Crippen molar-refractivity contribution in [1.82, 2.24) is 5.32 Å². The smallest absolute Gasteiger partial charge is 0.269 e. The number of carbonyl (C=O) groups is 2. The van der Waals surface area contributed by atoms with Gasteiger partial charge in [0.15, 0.2) is 0 Å². The highest BCUT2D eigenvalue weighted by Gasteiger charge is 2.27. The van der Waals surface area contributed by atoms with Gasteiger partial charge < -0.3 is 15.4 Å². The third-order valence-electron chi connectivity index (χ3n) is 4.67. The van der Waals surface area contributed by atoms with Gasteiger partial charge in [0.1, 0.15) is 5.75 Å². The summed E-state index contributed by atoms with van der Waals surface area (Å²) in [5.41, 5.74) is 3.02. The number of fused-ring (bicyclic) bond motifs is 1. The van der Waals surface area contributed by atoms with E-state index in [1.165, 1.54) is 0 Å². The van der Waals surface area contributed by atoms with Gasteiger partial charge in [-0.3, -0.25) is 9.59 Å². The molecule has 0 bridgehead atoms. The minimum Gasteiger partial charge on any atom is -0.497 e. The van der Waals surface area contributed by atoms with E-state index in [0.29, 0.717) is 33.3 Å². The Balaban J connectivity index is 1.72. The van der Waals surface area contributed by atoms with Crippen molar-refractivity contribution in [2.45, 2.75) is 6.17 Å². The molecule has 3 aromatic rings. The standard InChI is InChI=1S/C23H18ClN3O3/c1-30-17-10-7-15(8-11-17)22(28)27-21-23(29)25-19-12-9-16(24)13-18(19)20(26-21)14-5-3-2-4-6-14/h2-13,21H,1H3,(H,25,29)(H,27,28). The van der Waals surface area contributed by atoms with Gasteiger partial charge in [-0.15, -0.1) is 0 Å². The molecule has 30 heavy (non-hydrogen) atoms. The average Bonchev–Trinajstić information content (AvgIpc) is 2.91. The Bertz CT molecular complexity index is 1130. The molecule has 7 heteroatoms. The highest BCUT2D eigenvalue weighted by molar-refractivity contribution is 6.32. The number of halogens is 1. The van der Waals surface area contributed by atoms with Crippen LogP contribution in [-0.4, -0.2) is 30.8 Å². The maximum absolute atomic E-state index is 12.8. The fourth-order valence-electron chi connectivity index (χ4n) is 3.15. The zero-order valence-corrected chi connectivity index (χ0v) is 16.8. The van der Waals surface area contributed by atoms with Crippen LogP contribution in [0.2, 0.25) is 5.02 Å². The highest BCUT2D eigenvalue weighted by atomic mass is 35.5. The monoisotopic (exact) mass is 419 g/mol. The number of rotatable bonds is 4. The minimum atomic E-state index is -1.11. The number of aliphatic imine (C=N–C) groups is 1. The van der Waals surface area contributed by atoms with E-state index in [-0.39, 0.29) is 0 Å². The summed E-state index contributed by atoms with van der Waals surface area (Å²) in [4.78, 5) is 30.1. The number of nitrogens with one attached hydrogen (secondary N) is 2. The summed E-state index contributed by atoms with van der Waals surface area (Å²) in [5, 5.41) is 6.05. The van der Waals surface area contributed by atoms with Crippen molar-refractivity contribution >= 4 is 34.8 Å². The maximum atomic E-state index is 12.8. The molecule has 0 radical (unpaired) electrons.